The molecule has 0 radical (unpaired) electrons. The minimum Gasteiger partial charge on any atom is -0.342 e. The number of likely N-dealkylation sites (tertiary alicyclic amines) is 1. The molecule has 0 aromatic rings. The topological polar surface area (TPSA) is 40.6 Å². The van der Waals surface area contributed by atoms with Crippen molar-refractivity contribution in [3.63, 3.8) is 0 Å². The maximum absolute atomic E-state index is 12.5. The summed E-state index contributed by atoms with van der Waals surface area (Å²) >= 11 is 0. The quantitative estimate of drug-likeness (QED) is 0.751. The summed E-state index contributed by atoms with van der Waals surface area (Å²) in [6.07, 6.45) is 5.12. The van der Waals surface area contributed by atoms with E-state index in [0.29, 0.717) is 6.42 Å². The molecule has 1 amide bonds. The average Bonchev–Trinajstić information content (AvgIpc) is 2.64. The van der Waals surface area contributed by atoms with Crippen LogP contribution in [0.15, 0.2) is 0 Å². The zero-order chi connectivity index (χ0) is 15.1. The van der Waals surface area contributed by atoms with Crippen molar-refractivity contribution in [2.75, 3.05) is 19.6 Å². The predicted molar refractivity (Wildman–Crippen MR) is 81.7 cm³/mol. The lowest BCUT2D eigenvalue weighted by Gasteiger charge is -2.36. The summed E-state index contributed by atoms with van der Waals surface area (Å²) in [6.45, 7) is 10.1. The zero-order valence-electron chi connectivity index (χ0n) is 13.5. The third kappa shape index (κ3) is 4.58. The van der Waals surface area contributed by atoms with E-state index in [2.05, 4.69) is 4.90 Å². The molecular weight excluding hydrogens is 252 g/mol. The Kier molecular flexibility index (Phi) is 7.20. The highest BCUT2D eigenvalue weighted by molar-refractivity contribution is 5.81. The number of Topliss-reactive ketones (excluding diaryl/α,β-unsaturated/α-hetero) is 1. The fraction of sp³-hybridized carbons (Fsp3) is 0.875. The van der Waals surface area contributed by atoms with Crippen molar-refractivity contribution < 1.29 is 9.59 Å². The van der Waals surface area contributed by atoms with Crippen LogP contribution in [0.3, 0.4) is 0 Å². The van der Waals surface area contributed by atoms with Crippen LogP contribution in [0.5, 0.6) is 0 Å². The molecule has 0 spiro atoms. The van der Waals surface area contributed by atoms with Crippen LogP contribution in [0.2, 0.25) is 0 Å². The lowest BCUT2D eigenvalue weighted by Crippen LogP contribution is -2.51. The van der Waals surface area contributed by atoms with Gasteiger partial charge in [-0.25, -0.2) is 0 Å². The molecule has 0 aliphatic carbocycles. The van der Waals surface area contributed by atoms with Gasteiger partial charge in [-0.05, 0) is 47.1 Å². The largest absolute Gasteiger partial charge is 0.342 e. The number of amides is 1. The Morgan fingerprint density at radius 3 is 2.40 bits per heavy atom. The van der Waals surface area contributed by atoms with E-state index in [1.165, 1.54) is 12.8 Å². The van der Waals surface area contributed by atoms with Crippen molar-refractivity contribution in [2.45, 2.75) is 71.9 Å². The van der Waals surface area contributed by atoms with Crippen LogP contribution in [-0.2, 0) is 9.59 Å². The zero-order valence-corrected chi connectivity index (χ0v) is 13.5. The molecule has 1 fully saturated rings. The molecule has 4 nitrogen and oxygen atoms in total. The molecule has 1 rings (SSSR count). The summed E-state index contributed by atoms with van der Waals surface area (Å²) in [4.78, 5) is 28.2. The second-order valence-electron chi connectivity index (χ2n) is 5.83. The minimum absolute atomic E-state index is 0.114. The van der Waals surface area contributed by atoms with E-state index < -0.39 is 0 Å². The summed E-state index contributed by atoms with van der Waals surface area (Å²) in [7, 11) is 0. The molecule has 4 heteroatoms. The molecule has 20 heavy (non-hydrogen) atoms. The van der Waals surface area contributed by atoms with Gasteiger partial charge >= 0.3 is 0 Å². The van der Waals surface area contributed by atoms with Crippen LogP contribution in [-0.4, -0.2) is 53.2 Å². The van der Waals surface area contributed by atoms with Gasteiger partial charge < -0.3 is 4.90 Å². The summed E-state index contributed by atoms with van der Waals surface area (Å²) in [5.41, 5.74) is 0. The Bertz CT molecular complexity index is 326. The monoisotopic (exact) mass is 282 g/mol. The molecule has 1 aliphatic rings. The molecule has 0 saturated carbocycles. The molecule has 1 saturated heterocycles. The van der Waals surface area contributed by atoms with Gasteiger partial charge in [0, 0.05) is 25.6 Å². The number of rotatable bonds is 6. The lowest BCUT2D eigenvalue weighted by molar-refractivity contribution is -0.137. The van der Waals surface area contributed by atoms with Crippen molar-refractivity contribution in [1.82, 2.24) is 9.80 Å². The van der Waals surface area contributed by atoms with Gasteiger partial charge in [0.05, 0.1) is 6.04 Å². The van der Waals surface area contributed by atoms with E-state index in [9.17, 15) is 9.59 Å². The molecule has 0 aromatic carbocycles. The Morgan fingerprint density at radius 1 is 1.20 bits per heavy atom. The van der Waals surface area contributed by atoms with Crippen LogP contribution in [0.4, 0.5) is 0 Å². The lowest BCUT2D eigenvalue weighted by atomic mass is 10.0. The van der Waals surface area contributed by atoms with Gasteiger partial charge in [0.2, 0.25) is 5.91 Å². The van der Waals surface area contributed by atoms with Gasteiger partial charge in [0.1, 0.15) is 5.78 Å². The molecule has 2 atom stereocenters. The summed E-state index contributed by atoms with van der Waals surface area (Å²) < 4.78 is 0. The molecule has 0 bridgehead atoms. The summed E-state index contributed by atoms with van der Waals surface area (Å²) in [5, 5.41) is 0. The Labute approximate surface area is 123 Å². The second kappa shape index (κ2) is 8.40. The molecule has 0 N–H and O–H groups in total. The predicted octanol–water partition coefficient (Wildman–Crippen LogP) is 2.47. The molecule has 1 heterocycles. The maximum Gasteiger partial charge on any atom is 0.239 e. The van der Waals surface area contributed by atoms with Gasteiger partial charge in [-0.2, -0.15) is 0 Å². The van der Waals surface area contributed by atoms with Crippen LogP contribution in [0.25, 0.3) is 0 Å². The van der Waals surface area contributed by atoms with E-state index in [1.54, 1.807) is 6.92 Å². The van der Waals surface area contributed by atoms with E-state index >= 15 is 0 Å². The first-order valence-electron chi connectivity index (χ1n) is 8.05. The number of hydrogen-bond acceptors (Lipinski definition) is 3. The SMILES string of the molecule is CCN(CC)C(=O)C(C)N1CCCCCC1CC(C)=O. The smallest absolute Gasteiger partial charge is 0.239 e. The number of hydrogen-bond donors (Lipinski definition) is 0. The van der Waals surface area contributed by atoms with E-state index in [-0.39, 0.29) is 23.8 Å². The van der Waals surface area contributed by atoms with Crippen LogP contribution >= 0.6 is 0 Å². The first-order chi connectivity index (χ1) is 9.51. The van der Waals surface area contributed by atoms with Crippen molar-refractivity contribution >= 4 is 11.7 Å². The molecule has 2 unspecified atom stereocenters. The Hall–Kier alpha value is -0.900. The number of carbonyl (C=O) groups is 2. The Morgan fingerprint density at radius 2 is 1.85 bits per heavy atom. The molecule has 0 aromatic heterocycles. The first-order valence-corrected chi connectivity index (χ1v) is 8.05. The minimum atomic E-state index is -0.114. The highest BCUT2D eigenvalue weighted by Gasteiger charge is 2.31. The van der Waals surface area contributed by atoms with Crippen molar-refractivity contribution in [3.05, 3.63) is 0 Å². The van der Waals surface area contributed by atoms with Gasteiger partial charge in [0.15, 0.2) is 0 Å². The Balaban J connectivity index is 2.80. The van der Waals surface area contributed by atoms with Crippen molar-refractivity contribution in [2.24, 2.45) is 0 Å². The third-order valence-electron chi connectivity index (χ3n) is 4.38. The van der Waals surface area contributed by atoms with Gasteiger partial charge in [-0.15, -0.1) is 0 Å². The first kappa shape index (κ1) is 17.2. The fourth-order valence-corrected chi connectivity index (χ4v) is 3.20. The highest BCUT2D eigenvalue weighted by atomic mass is 16.2. The van der Waals surface area contributed by atoms with Crippen LogP contribution < -0.4 is 0 Å². The standard InChI is InChI=1S/C16H30N2O2/c1-5-17(6-2)16(20)14(4)18-11-9-7-8-10-15(18)12-13(3)19/h14-15H,5-12H2,1-4H3. The van der Waals surface area contributed by atoms with Crippen LogP contribution in [0.1, 0.15) is 59.8 Å². The van der Waals surface area contributed by atoms with Crippen LogP contribution in [0, 0.1) is 0 Å². The highest BCUT2D eigenvalue weighted by Crippen LogP contribution is 2.22. The van der Waals surface area contributed by atoms with E-state index in [1.807, 2.05) is 25.7 Å². The van der Waals surface area contributed by atoms with Crippen molar-refractivity contribution in [1.29, 1.82) is 0 Å². The number of ketones is 1. The normalized spacial score (nSPS) is 22.1. The van der Waals surface area contributed by atoms with E-state index in [0.717, 1.165) is 32.5 Å². The van der Waals surface area contributed by atoms with Gasteiger partial charge in [-0.3, -0.25) is 14.5 Å². The van der Waals surface area contributed by atoms with Gasteiger partial charge in [0.25, 0.3) is 0 Å². The molecular formula is C16H30N2O2. The molecule has 1 aliphatic heterocycles. The number of nitrogens with zero attached hydrogens (tertiary/aromatic N) is 2. The maximum atomic E-state index is 12.5. The van der Waals surface area contributed by atoms with E-state index in [4.69, 9.17) is 0 Å². The van der Waals surface area contributed by atoms with Gasteiger partial charge in [-0.1, -0.05) is 12.8 Å². The number of likely N-dealkylation sites (N-methyl/N-ethyl adjacent to an activating group) is 1. The fourth-order valence-electron chi connectivity index (χ4n) is 3.20. The average molecular weight is 282 g/mol. The summed E-state index contributed by atoms with van der Waals surface area (Å²) in [6, 6.07) is 0.127. The molecule has 116 valence electrons. The van der Waals surface area contributed by atoms with Crippen molar-refractivity contribution in [3.8, 4) is 0 Å². The summed E-state index contributed by atoms with van der Waals surface area (Å²) in [5.74, 6) is 0.426. The second-order valence-corrected chi connectivity index (χ2v) is 5.83. The third-order valence-corrected chi connectivity index (χ3v) is 4.38. The number of carbonyl (C=O) groups excluding carboxylic acids is 2.